The van der Waals surface area contributed by atoms with Crippen LogP contribution in [0.4, 0.5) is 0 Å². The Hall–Kier alpha value is -0.700. The molecule has 1 unspecified atom stereocenters. The third kappa shape index (κ3) is 1.86. The third-order valence-electron chi connectivity index (χ3n) is 9.89. The topological polar surface area (TPSA) is 37.1 Å². The van der Waals surface area contributed by atoms with Crippen LogP contribution >= 0.6 is 0 Å². The van der Waals surface area contributed by atoms with Crippen molar-refractivity contribution in [3.63, 3.8) is 0 Å². The fourth-order valence-electron chi connectivity index (χ4n) is 8.84. The molecule has 5 rings (SSSR count). The molecular formula is C22H33NO2. The molecular weight excluding hydrogens is 310 g/mol. The van der Waals surface area contributed by atoms with E-state index in [4.69, 9.17) is 0 Å². The van der Waals surface area contributed by atoms with Gasteiger partial charge in [-0.3, -0.25) is 14.5 Å². The van der Waals surface area contributed by atoms with E-state index in [1.807, 2.05) is 6.92 Å². The zero-order chi connectivity index (χ0) is 17.7. The fourth-order valence-corrected chi connectivity index (χ4v) is 8.84. The molecule has 0 bridgehead atoms. The van der Waals surface area contributed by atoms with Crippen LogP contribution in [0.15, 0.2) is 0 Å². The lowest BCUT2D eigenvalue weighted by atomic mass is 9.44. The van der Waals surface area contributed by atoms with Crippen molar-refractivity contribution in [3.8, 4) is 0 Å². The van der Waals surface area contributed by atoms with E-state index in [-0.39, 0.29) is 11.3 Å². The molecule has 0 aromatic carbocycles. The molecule has 0 spiro atoms. The average molecular weight is 344 g/mol. The van der Waals surface area contributed by atoms with Crippen LogP contribution in [-0.2, 0) is 9.59 Å². The Kier molecular flexibility index (Phi) is 3.27. The van der Waals surface area contributed by atoms with E-state index in [0.29, 0.717) is 40.9 Å². The number of carbonyl (C=O) groups is 2. The Balaban J connectivity index is 1.55. The highest BCUT2D eigenvalue weighted by molar-refractivity contribution is 5.80. The predicted molar refractivity (Wildman–Crippen MR) is 97.0 cm³/mol. The highest BCUT2D eigenvalue weighted by Gasteiger charge is 2.74. The van der Waals surface area contributed by atoms with Crippen LogP contribution in [0.25, 0.3) is 0 Å². The van der Waals surface area contributed by atoms with Crippen molar-refractivity contribution >= 4 is 11.6 Å². The molecule has 10 atom stereocenters. The second-order valence-corrected chi connectivity index (χ2v) is 10.5. The summed E-state index contributed by atoms with van der Waals surface area (Å²) in [5.74, 6) is 4.04. The minimum absolute atomic E-state index is 0.195. The van der Waals surface area contributed by atoms with E-state index >= 15 is 0 Å². The third-order valence-corrected chi connectivity index (χ3v) is 9.89. The van der Waals surface area contributed by atoms with Gasteiger partial charge in [0, 0.05) is 30.8 Å². The molecule has 138 valence electrons. The van der Waals surface area contributed by atoms with Gasteiger partial charge in [0.05, 0.1) is 0 Å². The zero-order valence-electron chi connectivity index (χ0n) is 16.3. The van der Waals surface area contributed by atoms with Gasteiger partial charge in [-0.05, 0) is 80.6 Å². The lowest BCUT2D eigenvalue weighted by Gasteiger charge is -2.59. The Bertz CT molecular complexity index is 644. The first kappa shape index (κ1) is 16.5. The lowest BCUT2D eigenvalue weighted by molar-refractivity contribution is -0.138. The maximum absolute atomic E-state index is 12.4. The number of carbonyl (C=O) groups excluding carboxylic acids is 2. The smallest absolute Gasteiger partial charge is 0.133 e. The second-order valence-electron chi connectivity index (χ2n) is 10.5. The Morgan fingerprint density at radius 1 is 1.16 bits per heavy atom. The zero-order valence-corrected chi connectivity index (χ0v) is 16.3. The second kappa shape index (κ2) is 4.97. The van der Waals surface area contributed by atoms with Gasteiger partial charge in [0.25, 0.3) is 0 Å². The maximum atomic E-state index is 12.4. The number of hydrogen-bond acceptors (Lipinski definition) is 3. The number of nitrogens with zero attached hydrogens (tertiary/aromatic N) is 1. The maximum Gasteiger partial charge on any atom is 0.133 e. The van der Waals surface area contributed by atoms with Gasteiger partial charge in [-0.2, -0.15) is 0 Å². The summed E-state index contributed by atoms with van der Waals surface area (Å²) in [6.07, 6.45) is 7.62. The van der Waals surface area contributed by atoms with Gasteiger partial charge in [-0.25, -0.2) is 0 Å². The number of rotatable bonds is 1. The molecule has 0 amide bonds. The molecule has 0 radical (unpaired) electrons. The summed E-state index contributed by atoms with van der Waals surface area (Å²) in [7, 11) is 2.30. The molecule has 0 aromatic rings. The molecule has 0 aromatic heterocycles. The Morgan fingerprint density at radius 3 is 2.64 bits per heavy atom. The number of likely N-dealkylation sites (N-methyl/N-ethyl adjacent to an activating group) is 1. The number of ketones is 2. The molecule has 1 aliphatic heterocycles. The molecule has 4 aliphatic carbocycles. The average Bonchev–Trinajstić information content (AvgIpc) is 3.08. The van der Waals surface area contributed by atoms with E-state index < -0.39 is 0 Å². The van der Waals surface area contributed by atoms with Gasteiger partial charge in [0.1, 0.15) is 11.6 Å². The van der Waals surface area contributed by atoms with E-state index in [1.165, 1.54) is 19.3 Å². The van der Waals surface area contributed by atoms with Crippen molar-refractivity contribution < 1.29 is 9.59 Å². The van der Waals surface area contributed by atoms with Crippen molar-refractivity contribution in [1.29, 1.82) is 0 Å². The summed E-state index contributed by atoms with van der Waals surface area (Å²) in [4.78, 5) is 27.1. The summed E-state index contributed by atoms with van der Waals surface area (Å²) < 4.78 is 0. The van der Waals surface area contributed by atoms with Crippen LogP contribution in [0.5, 0.6) is 0 Å². The first-order valence-corrected chi connectivity index (χ1v) is 10.5. The van der Waals surface area contributed by atoms with E-state index in [2.05, 4.69) is 25.8 Å². The Labute approximate surface area is 151 Å². The summed E-state index contributed by atoms with van der Waals surface area (Å²) in [6.45, 7) is 6.80. The highest BCUT2D eigenvalue weighted by atomic mass is 16.1. The fraction of sp³-hybridized carbons (Fsp3) is 0.909. The molecule has 1 saturated heterocycles. The molecule has 3 heteroatoms. The van der Waals surface area contributed by atoms with Crippen LogP contribution in [-0.4, -0.2) is 35.6 Å². The van der Waals surface area contributed by atoms with Crippen molar-refractivity contribution in [1.82, 2.24) is 4.90 Å². The largest absolute Gasteiger partial charge is 0.300 e. The molecule has 25 heavy (non-hydrogen) atoms. The normalized spacial score (nSPS) is 59.4. The number of Topliss-reactive ketones (excluding diaryl/α,β-unsaturated/α-hetero) is 2. The quantitative estimate of drug-likeness (QED) is 0.681. The van der Waals surface area contributed by atoms with E-state index in [9.17, 15) is 9.59 Å². The molecule has 4 saturated carbocycles. The van der Waals surface area contributed by atoms with Crippen molar-refractivity contribution in [2.75, 3.05) is 7.05 Å². The molecule has 1 heterocycles. The van der Waals surface area contributed by atoms with Crippen LogP contribution in [0, 0.1) is 40.4 Å². The monoisotopic (exact) mass is 343 g/mol. The summed E-state index contributed by atoms with van der Waals surface area (Å²) in [6, 6.07) is 1.26. The van der Waals surface area contributed by atoms with Crippen molar-refractivity contribution in [2.45, 2.75) is 77.8 Å². The van der Waals surface area contributed by atoms with Crippen molar-refractivity contribution in [2.24, 2.45) is 40.4 Å². The SMILES string of the molecule is CC(=O)[C@H]1CC[C@H]2[C@@H]3CC[C@@H]4CC(=O)CC[C@]4(C)[C@H]3[C@H]3[C@H](N3C)[C@]12C. The minimum Gasteiger partial charge on any atom is -0.300 e. The molecule has 5 fully saturated rings. The molecule has 5 aliphatic rings. The van der Waals surface area contributed by atoms with E-state index in [0.717, 1.165) is 37.5 Å². The molecule has 3 nitrogen and oxygen atoms in total. The van der Waals surface area contributed by atoms with E-state index in [1.54, 1.807) is 0 Å². The van der Waals surface area contributed by atoms with Gasteiger partial charge in [-0.15, -0.1) is 0 Å². The predicted octanol–water partition coefficient (Wildman–Crippen LogP) is 3.71. The minimum atomic E-state index is 0.195. The molecule has 0 N–H and O–H groups in total. The van der Waals surface area contributed by atoms with Crippen LogP contribution in [0.1, 0.15) is 65.7 Å². The standard InChI is InChI=1S/C22H33NO2/c1-12(24)16-7-8-17-15-6-5-13-11-14(25)9-10-21(13,2)18(15)19-20(23(19)4)22(16,17)3/h13,15-20H,5-11H2,1-4H3/t13-,15+,16-,17+,18-,19+,20+,21+,22-,23?/m1/s1. The summed E-state index contributed by atoms with van der Waals surface area (Å²) >= 11 is 0. The van der Waals surface area contributed by atoms with Crippen molar-refractivity contribution in [3.05, 3.63) is 0 Å². The highest BCUT2D eigenvalue weighted by Crippen LogP contribution is 2.72. The van der Waals surface area contributed by atoms with Gasteiger partial charge < -0.3 is 0 Å². The number of likely N-dealkylation sites (tertiary alicyclic amines) is 1. The first-order valence-electron chi connectivity index (χ1n) is 10.5. The lowest BCUT2D eigenvalue weighted by Crippen LogP contribution is -2.57. The Morgan fingerprint density at radius 2 is 1.92 bits per heavy atom. The van der Waals surface area contributed by atoms with Gasteiger partial charge in [-0.1, -0.05) is 13.8 Å². The first-order chi connectivity index (χ1) is 11.8. The van der Waals surface area contributed by atoms with Gasteiger partial charge in [0.2, 0.25) is 0 Å². The number of fused-ring (bicyclic) bond motifs is 8. The summed E-state index contributed by atoms with van der Waals surface area (Å²) in [5, 5.41) is 0. The van der Waals surface area contributed by atoms with Crippen LogP contribution in [0.3, 0.4) is 0 Å². The number of hydrogen-bond donors (Lipinski definition) is 0. The van der Waals surface area contributed by atoms with Gasteiger partial charge in [0.15, 0.2) is 0 Å². The van der Waals surface area contributed by atoms with Crippen LogP contribution in [0.2, 0.25) is 0 Å². The summed E-state index contributed by atoms with van der Waals surface area (Å²) in [5.41, 5.74) is 0.542. The van der Waals surface area contributed by atoms with Gasteiger partial charge >= 0.3 is 0 Å². The van der Waals surface area contributed by atoms with Crippen LogP contribution < -0.4 is 0 Å².